The van der Waals surface area contributed by atoms with Gasteiger partial charge in [0.1, 0.15) is 0 Å². The molecule has 1 aromatic rings. The predicted molar refractivity (Wildman–Crippen MR) is 78.4 cm³/mol. The molecule has 0 amide bonds. The molecule has 0 spiro atoms. The minimum atomic E-state index is -3.69. The standard InChI is InChI=1S/C14H21N3O2S/c1-11(2)8-14(3,10-16)17-20(18,19)13-6-4-5-12(7-13)9-15/h4-7,11,17H,8,10,16H2,1-3H3. The molecule has 20 heavy (non-hydrogen) atoms. The number of nitrogens with zero attached hydrogens (tertiary/aromatic N) is 1. The zero-order valence-corrected chi connectivity index (χ0v) is 12.9. The summed E-state index contributed by atoms with van der Waals surface area (Å²) in [6.07, 6.45) is 0.640. The Morgan fingerprint density at radius 2 is 2.10 bits per heavy atom. The second kappa shape index (κ2) is 6.35. The first-order chi connectivity index (χ1) is 9.22. The van der Waals surface area contributed by atoms with Gasteiger partial charge in [-0.15, -0.1) is 0 Å². The van der Waals surface area contributed by atoms with Crippen molar-refractivity contribution >= 4 is 10.0 Å². The Balaban J connectivity index is 3.07. The monoisotopic (exact) mass is 295 g/mol. The summed E-state index contributed by atoms with van der Waals surface area (Å²) in [7, 11) is -3.69. The number of nitrogens with two attached hydrogens (primary N) is 1. The zero-order valence-electron chi connectivity index (χ0n) is 12.1. The van der Waals surface area contributed by atoms with Crippen molar-refractivity contribution in [3.63, 3.8) is 0 Å². The molecule has 6 heteroatoms. The van der Waals surface area contributed by atoms with Crippen LogP contribution in [0.4, 0.5) is 0 Å². The summed E-state index contributed by atoms with van der Waals surface area (Å²) in [5.41, 5.74) is 5.33. The molecule has 0 fully saturated rings. The van der Waals surface area contributed by atoms with Crippen LogP contribution in [0.15, 0.2) is 29.2 Å². The first-order valence-corrected chi connectivity index (χ1v) is 7.95. The highest BCUT2D eigenvalue weighted by Crippen LogP contribution is 2.20. The molecule has 0 aliphatic rings. The normalized spacial score (nSPS) is 14.8. The number of hydrogen-bond acceptors (Lipinski definition) is 4. The third-order valence-electron chi connectivity index (χ3n) is 2.96. The summed E-state index contributed by atoms with van der Waals surface area (Å²) in [4.78, 5) is 0.0833. The van der Waals surface area contributed by atoms with Crippen LogP contribution in [-0.4, -0.2) is 20.5 Å². The lowest BCUT2D eigenvalue weighted by molar-refractivity contribution is 0.344. The van der Waals surface area contributed by atoms with Crippen molar-refractivity contribution in [3.8, 4) is 6.07 Å². The molecule has 1 unspecified atom stereocenters. The summed E-state index contributed by atoms with van der Waals surface area (Å²) in [6.45, 7) is 6.03. The van der Waals surface area contributed by atoms with Gasteiger partial charge < -0.3 is 5.73 Å². The Morgan fingerprint density at radius 1 is 1.45 bits per heavy atom. The number of rotatable bonds is 6. The highest BCUT2D eigenvalue weighted by Gasteiger charge is 2.30. The van der Waals surface area contributed by atoms with Crippen molar-refractivity contribution in [2.75, 3.05) is 6.54 Å². The van der Waals surface area contributed by atoms with Gasteiger partial charge in [-0.1, -0.05) is 19.9 Å². The molecular weight excluding hydrogens is 274 g/mol. The highest BCUT2D eigenvalue weighted by atomic mass is 32.2. The molecule has 0 saturated carbocycles. The molecule has 1 rings (SSSR count). The highest BCUT2D eigenvalue weighted by molar-refractivity contribution is 7.89. The Hall–Kier alpha value is -1.42. The molecule has 3 N–H and O–H groups in total. The predicted octanol–water partition coefficient (Wildman–Crippen LogP) is 1.60. The van der Waals surface area contributed by atoms with Crippen LogP contribution in [0.1, 0.15) is 32.8 Å². The molecule has 0 saturated heterocycles. The van der Waals surface area contributed by atoms with E-state index >= 15 is 0 Å². The van der Waals surface area contributed by atoms with E-state index in [-0.39, 0.29) is 11.4 Å². The minimum Gasteiger partial charge on any atom is -0.329 e. The first kappa shape index (κ1) is 16.6. The number of hydrogen-bond donors (Lipinski definition) is 2. The van der Waals surface area contributed by atoms with Crippen LogP contribution in [0.25, 0.3) is 0 Å². The quantitative estimate of drug-likeness (QED) is 0.833. The summed E-state index contributed by atoms with van der Waals surface area (Å²) in [5.74, 6) is 0.316. The van der Waals surface area contributed by atoms with Gasteiger partial charge in [-0.25, -0.2) is 13.1 Å². The number of nitriles is 1. The Bertz CT molecular complexity index is 605. The third kappa shape index (κ3) is 4.30. The van der Waals surface area contributed by atoms with Gasteiger partial charge in [-0.3, -0.25) is 0 Å². The largest absolute Gasteiger partial charge is 0.329 e. The van der Waals surface area contributed by atoms with Crippen molar-refractivity contribution in [1.82, 2.24) is 4.72 Å². The summed E-state index contributed by atoms with van der Waals surface area (Å²) >= 11 is 0. The summed E-state index contributed by atoms with van der Waals surface area (Å²) in [5, 5.41) is 8.84. The molecule has 0 aliphatic heterocycles. The minimum absolute atomic E-state index is 0.0833. The smallest absolute Gasteiger partial charge is 0.241 e. The average molecular weight is 295 g/mol. The lowest BCUT2D eigenvalue weighted by atomic mass is 9.92. The number of nitrogens with one attached hydrogen (secondary N) is 1. The van der Waals surface area contributed by atoms with Crippen molar-refractivity contribution < 1.29 is 8.42 Å². The first-order valence-electron chi connectivity index (χ1n) is 6.46. The van der Waals surface area contributed by atoms with E-state index in [2.05, 4.69) is 4.72 Å². The van der Waals surface area contributed by atoms with Crippen LogP contribution in [0.3, 0.4) is 0 Å². The number of sulfonamides is 1. The zero-order chi connectivity index (χ0) is 15.4. The van der Waals surface area contributed by atoms with Crippen molar-refractivity contribution in [2.45, 2.75) is 37.6 Å². The lowest BCUT2D eigenvalue weighted by Gasteiger charge is -2.30. The van der Waals surface area contributed by atoms with Gasteiger partial charge >= 0.3 is 0 Å². The van der Waals surface area contributed by atoms with Gasteiger partial charge in [0, 0.05) is 12.1 Å². The van der Waals surface area contributed by atoms with Crippen molar-refractivity contribution in [3.05, 3.63) is 29.8 Å². The second-order valence-corrected chi connectivity index (χ2v) is 7.29. The molecule has 0 aliphatic carbocycles. The molecule has 1 aromatic carbocycles. The molecule has 5 nitrogen and oxygen atoms in total. The summed E-state index contributed by atoms with van der Waals surface area (Å²) < 4.78 is 27.4. The molecular formula is C14H21N3O2S. The van der Waals surface area contributed by atoms with Gasteiger partial charge in [0.15, 0.2) is 0 Å². The van der Waals surface area contributed by atoms with E-state index in [4.69, 9.17) is 11.0 Å². The maximum atomic E-state index is 12.4. The van der Waals surface area contributed by atoms with Crippen LogP contribution in [0, 0.1) is 17.2 Å². The number of benzene rings is 1. The van der Waals surface area contributed by atoms with Crippen LogP contribution in [0.2, 0.25) is 0 Å². The maximum Gasteiger partial charge on any atom is 0.241 e. The fourth-order valence-corrected chi connectivity index (χ4v) is 3.66. The van der Waals surface area contributed by atoms with E-state index in [0.717, 1.165) is 0 Å². The third-order valence-corrected chi connectivity index (χ3v) is 4.60. The van der Waals surface area contributed by atoms with E-state index in [1.165, 1.54) is 12.1 Å². The van der Waals surface area contributed by atoms with Gasteiger partial charge in [0.25, 0.3) is 0 Å². The Kier molecular flexibility index (Phi) is 5.28. The van der Waals surface area contributed by atoms with E-state index in [1.54, 1.807) is 19.1 Å². The molecule has 1 atom stereocenters. The van der Waals surface area contributed by atoms with Crippen molar-refractivity contribution in [2.24, 2.45) is 11.7 Å². The van der Waals surface area contributed by atoms with Crippen LogP contribution in [-0.2, 0) is 10.0 Å². The topological polar surface area (TPSA) is 96.0 Å². The second-order valence-electron chi connectivity index (χ2n) is 5.61. The van der Waals surface area contributed by atoms with E-state index < -0.39 is 15.6 Å². The fourth-order valence-electron chi connectivity index (χ4n) is 2.18. The van der Waals surface area contributed by atoms with Gasteiger partial charge in [0.05, 0.1) is 16.5 Å². The Labute approximate surface area is 120 Å². The van der Waals surface area contributed by atoms with Gasteiger partial charge in [-0.2, -0.15) is 5.26 Å². The summed E-state index contributed by atoms with van der Waals surface area (Å²) in [6, 6.07) is 7.87. The SMILES string of the molecule is CC(C)CC(C)(CN)NS(=O)(=O)c1cccc(C#N)c1. The molecule has 110 valence electrons. The van der Waals surface area contributed by atoms with Gasteiger partial charge in [-0.05, 0) is 37.5 Å². The van der Waals surface area contributed by atoms with Crippen LogP contribution in [0.5, 0.6) is 0 Å². The molecule has 0 bridgehead atoms. The van der Waals surface area contributed by atoms with Crippen molar-refractivity contribution in [1.29, 1.82) is 5.26 Å². The van der Waals surface area contributed by atoms with Crippen LogP contribution >= 0.6 is 0 Å². The van der Waals surface area contributed by atoms with E-state index in [0.29, 0.717) is 17.9 Å². The maximum absolute atomic E-state index is 12.4. The molecule has 0 aromatic heterocycles. The molecule has 0 radical (unpaired) electrons. The van der Waals surface area contributed by atoms with Gasteiger partial charge in [0.2, 0.25) is 10.0 Å². The van der Waals surface area contributed by atoms with E-state index in [1.807, 2.05) is 19.9 Å². The van der Waals surface area contributed by atoms with E-state index in [9.17, 15) is 8.42 Å². The Morgan fingerprint density at radius 3 is 2.60 bits per heavy atom. The fraction of sp³-hybridized carbons (Fsp3) is 0.500. The molecule has 0 heterocycles. The lowest BCUT2D eigenvalue weighted by Crippen LogP contribution is -2.51. The van der Waals surface area contributed by atoms with Crippen LogP contribution < -0.4 is 10.5 Å². The average Bonchev–Trinajstić information content (AvgIpc) is 2.37.